The van der Waals surface area contributed by atoms with Crippen molar-refractivity contribution in [1.82, 2.24) is 19.0 Å². The third-order valence-corrected chi connectivity index (χ3v) is 11.0. The lowest BCUT2D eigenvalue weighted by Gasteiger charge is -2.42. The first kappa shape index (κ1) is 35.8. The number of hydrogen-bond acceptors (Lipinski definition) is 11. The van der Waals surface area contributed by atoms with Crippen molar-refractivity contribution >= 4 is 69.0 Å². The van der Waals surface area contributed by atoms with Crippen LogP contribution in [0.2, 0.25) is 5.02 Å². The van der Waals surface area contributed by atoms with Crippen LogP contribution in [0.4, 0.5) is 21.6 Å². The molecule has 2 N–H and O–H groups in total. The molecule has 7 rings (SSSR count). The van der Waals surface area contributed by atoms with Crippen LogP contribution in [0, 0.1) is 5.82 Å². The van der Waals surface area contributed by atoms with E-state index < -0.39 is 28.5 Å². The average molecular weight is 752 g/mol. The van der Waals surface area contributed by atoms with Crippen molar-refractivity contribution in [3.63, 3.8) is 0 Å². The molecule has 52 heavy (non-hydrogen) atoms. The number of aromatic nitrogens is 3. The molecule has 0 aliphatic carbocycles. The van der Waals surface area contributed by atoms with E-state index >= 15 is 4.39 Å². The topological polar surface area (TPSA) is 163 Å². The zero-order valence-electron chi connectivity index (χ0n) is 28.2. The number of amides is 1. The van der Waals surface area contributed by atoms with Crippen LogP contribution < -0.4 is 20.9 Å². The fourth-order valence-corrected chi connectivity index (χ4v) is 7.98. The Balaban J connectivity index is 1.10. The number of carboxylic acids is 1. The smallest absolute Gasteiger partial charge is 0.349 e. The van der Waals surface area contributed by atoms with E-state index in [0.717, 1.165) is 6.07 Å². The van der Waals surface area contributed by atoms with Crippen LogP contribution in [0.3, 0.4) is 0 Å². The summed E-state index contributed by atoms with van der Waals surface area (Å²) < 4.78 is 24.3. The summed E-state index contributed by atoms with van der Waals surface area (Å²) >= 11 is 7.83. The summed E-state index contributed by atoms with van der Waals surface area (Å²) in [4.78, 5) is 65.5. The number of ether oxygens (including phenoxy) is 1. The van der Waals surface area contributed by atoms with E-state index in [1.54, 1.807) is 46.0 Å². The molecule has 14 nitrogen and oxygen atoms in total. The van der Waals surface area contributed by atoms with Gasteiger partial charge in [0.25, 0.3) is 5.91 Å². The van der Waals surface area contributed by atoms with Crippen molar-refractivity contribution in [1.29, 1.82) is 0 Å². The lowest BCUT2D eigenvalue weighted by molar-refractivity contribution is -0.112. The van der Waals surface area contributed by atoms with Crippen molar-refractivity contribution in [3.05, 3.63) is 91.5 Å². The van der Waals surface area contributed by atoms with Gasteiger partial charge >= 0.3 is 11.7 Å². The number of hydrogen-bond donors (Lipinski definition) is 2. The molecule has 0 spiro atoms. The highest BCUT2D eigenvalue weighted by Gasteiger charge is 2.37. The molecule has 3 aliphatic heterocycles. The number of thioether (sulfide) groups is 1. The molecule has 17 heteroatoms. The Labute approximate surface area is 305 Å². The molecular formula is C35H35ClFN7O7S. The van der Waals surface area contributed by atoms with E-state index in [1.165, 1.54) is 22.5 Å². The Morgan fingerprint density at radius 3 is 2.63 bits per heavy atom. The summed E-state index contributed by atoms with van der Waals surface area (Å²) in [5, 5.41) is 19.2. The average Bonchev–Trinajstić information content (AvgIpc) is 3.68. The first-order valence-corrected chi connectivity index (χ1v) is 18.1. The monoisotopic (exact) mass is 751 g/mol. The van der Waals surface area contributed by atoms with Gasteiger partial charge < -0.3 is 24.4 Å². The number of aromatic carboxylic acids is 1. The number of benzene rings is 2. The van der Waals surface area contributed by atoms with Crippen molar-refractivity contribution in [2.24, 2.45) is 4.99 Å². The number of nitrogens with zero attached hydrogens (tertiary/aromatic N) is 7. The Morgan fingerprint density at radius 1 is 1.13 bits per heavy atom. The number of halogens is 2. The van der Waals surface area contributed by atoms with Gasteiger partial charge in [-0.15, -0.1) is 11.8 Å². The lowest BCUT2D eigenvalue weighted by Crippen LogP contribution is -2.55. The molecule has 0 radical (unpaired) electrons. The Hall–Kier alpha value is -4.61. The highest BCUT2D eigenvalue weighted by atomic mass is 35.5. The number of rotatable bonds is 9. The van der Waals surface area contributed by atoms with E-state index in [2.05, 4.69) is 14.9 Å². The molecule has 0 saturated carbocycles. The molecule has 1 amide bonds. The van der Waals surface area contributed by atoms with Crippen molar-refractivity contribution < 1.29 is 28.9 Å². The first-order valence-electron chi connectivity index (χ1n) is 16.7. The van der Waals surface area contributed by atoms with Crippen molar-refractivity contribution in [2.45, 2.75) is 44.5 Å². The zero-order chi connectivity index (χ0) is 36.8. The van der Waals surface area contributed by atoms with Gasteiger partial charge in [-0.1, -0.05) is 11.6 Å². The summed E-state index contributed by atoms with van der Waals surface area (Å²) in [5.41, 5.74) is -0.0638. The molecule has 2 aromatic carbocycles. The van der Waals surface area contributed by atoms with Gasteiger partial charge in [-0.3, -0.25) is 24.0 Å². The predicted octanol–water partition coefficient (Wildman–Crippen LogP) is 3.15. The number of aryl methyl sites for hydroxylation is 1. The molecule has 0 bridgehead atoms. The van der Waals surface area contributed by atoms with E-state index in [-0.39, 0.29) is 60.2 Å². The molecule has 4 aromatic rings. The molecule has 3 unspecified atom stereocenters. The molecule has 2 aromatic heterocycles. The Bertz CT molecular complexity index is 2250. The van der Waals surface area contributed by atoms with Gasteiger partial charge in [0.05, 0.1) is 42.8 Å². The zero-order valence-corrected chi connectivity index (χ0v) is 29.8. The van der Waals surface area contributed by atoms with Crippen LogP contribution in [0.1, 0.15) is 29.8 Å². The van der Waals surface area contributed by atoms with E-state index in [0.29, 0.717) is 59.4 Å². The molecule has 2 saturated heterocycles. The van der Waals surface area contributed by atoms with Crippen LogP contribution in [0.15, 0.2) is 63.4 Å². The van der Waals surface area contributed by atoms with Crippen molar-refractivity contribution in [3.8, 4) is 0 Å². The van der Waals surface area contributed by atoms with Crippen LogP contribution in [0.5, 0.6) is 0 Å². The minimum atomic E-state index is -1.37. The van der Waals surface area contributed by atoms with E-state index in [1.807, 2.05) is 18.7 Å². The second-order valence-corrected chi connectivity index (χ2v) is 14.4. The second kappa shape index (κ2) is 14.4. The molecule has 5 heterocycles. The SMILES string of the molecule is CCn1cc(C(=O)O)c(=O)c2cc(F)c(N3CCN(CN4C(=O)C(=Nc5ccn(CC6CSC(CO)O6)c(=O)n5)c5cc(Cl)ccc54)C(C)C3)cc21. The van der Waals surface area contributed by atoms with Crippen LogP contribution in [-0.2, 0) is 22.6 Å². The van der Waals surface area contributed by atoms with Gasteiger partial charge in [0.2, 0.25) is 5.43 Å². The summed E-state index contributed by atoms with van der Waals surface area (Å²) in [6, 6.07) is 9.21. The molecule has 3 aliphatic rings. The summed E-state index contributed by atoms with van der Waals surface area (Å²) in [6.45, 7) is 5.84. The number of piperazine rings is 1. The van der Waals surface area contributed by atoms with Crippen molar-refractivity contribution in [2.75, 3.05) is 48.5 Å². The van der Waals surface area contributed by atoms with Gasteiger partial charge in [-0.25, -0.2) is 19.0 Å². The quantitative estimate of drug-likeness (QED) is 0.258. The number of anilines is 2. The fraction of sp³-hybridized carbons (Fsp3) is 0.371. The maximum atomic E-state index is 15.6. The fourth-order valence-electron chi connectivity index (χ4n) is 6.85. The maximum Gasteiger partial charge on any atom is 0.349 e. The number of pyridine rings is 1. The molecular weight excluding hydrogens is 717 g/mol. The van der Waals surface area contributed by atoms with Gasteiger partial charge in [0, 0.05) is 66.3 Å². The third kappa shape index (κ3) is 6.72. The number of carbonyl (C=O) groups excluding carboxylic acids is 1. The number of aliphatic hydroxyl groups is 1. The van der Waals surface area contributed by atoms with Gasteiger partial charge in [-0.2, -0.15) is 4.98 Å². The second-order valence-electron chi connectivity index (χ2n) is 12.8. The number of carbonyl (C=O) groups is 2. The number of aliphatic imine (C=N–C) groups is 1. The van der Waals surface area contributed by atoms with Gasteiger partial charge in [-0.05, 0) is 50.2 Å². The van der Waals surface area contributed by atoms with Crippen LogP contribution in [0.25, 0.3) is 10.9 Å². The summed E-state index contributed by atoms with van der Waals surface area (Å²) in [5.74, 6) is -1.67. The van der Waals surface area contributed by atoms with Gasteiger partial charge in [0.15, 0.2) is 5.82 Å². The molecule has 3 atom stereocenters. The summed E-state index contributed by atoms with van der Waals surface area (Å²) in [7, 11) is 0. The van der Waals surface area contributed by atoms with Crippen LogP contribution >= 0.6 is 23.4 Å². The molecule has 2 fully saturated rings. The number of fused-ring (bicyclic) bond motifs is 2. The number of carboxylic acid groups (broad SMARTS) is 1. The lowest BCUT2D eigenvalue weighted by atomic mass is 10.1. The first-order chi connectivity index (χ1) is 24.9. The normalized spacial score (nSPS) is 21.4. The third-order valence-electron chi connectivity index (χ3n) is 9.55. The van der Waals surface area contributed by atoms with E-state index in [9.17, 15) is 29.4 Å². The van der Waals surface area contributed by atoms with Crippen LogP contribution in [-0.4, -0.2) is 103 Å². The standard InChI is InChI=1S/C35H35ClFN7O7S/c1-3-40-15-24(34(48)49)32(46)23-11-25(37)28(12-27(23)40)41-8-9-43(19(2)13-41)18-44-26-5-4-20(36)10-22(26)31(33(44)47)38-29-6-7-42(35(50)39-29)14-21-17-52-30(16-45)51-21/h4-7,10-12,15,19,21,30,45H,3,8-9,13-14,16-18H2,1-2H3,(H,48,49). The Kier molecular flexibility index (Phi) is 9.93. The van der Waals surface area contributed by atoms with E-state index in [4.69, 9.17) is 16.3 Å². The number of aliphatic hydroxyl groups excluding tert-OH is 1. The summed E-state index contributed by atoms with van der Waals surface area (Å²) in [6.07, 6.45) is 2.59. The largest absolute Gasteiger partial charge is 0.477 e. The highest BCUT2D eigenvalue weighted by Crippen LogP contribution is 2.34. The predicted molar refractivity (Wildman–Crippen MR) is 196 cm³/mol. The maximum absolute atomic E-state index is 15.6. The Morgan fingerprint density at radius 2 is 1.94 bits per heavy atom. The minimum absolute atomic E-state index is 0.00429. The minimum Gasteiger partial charge on any atom is -0.477 e. The highest BCUT2D eigenvalue weighted by molar-refractivity contribution is 8.00. The molecule has 272 valence electrons. The van der Waals surface area contributed by atoms with Gasteiger partial charge in [0.1, 0.15) is 22.5 Å².